The molecule has 5 heterocycles. The number of aromatic nitrogens is 2. The third-order valence-electron chi connectivity index (χ3n) is 6.45. The zero-order valence-electron chi connectivity index (χ0n) is 18.0. The smallest absolute Gasteiger partial charge is 0.170 e. The Morgan fingerprint density at radius 1 is 1.23 bits per heavy atom. The molecule has 2 aliphatic heterocycles. The summed E-state index contributed by atoms with van der Waals surface area (Å²) in [6.45, 7) is 6.69. The monoisotopic (exact) mass is 436 g/mol. The van der Waals surface area contributed by atoms with E-state index < -0.39 is 0 Å². The molecular formula is C24H28N4O2S. The zero-order valence-corrected chi connectivity index (χ0v) is 18.8. The van der Waals surface area contributed by atoms with Gasteiger partial charge in [0.15, 0.2) is 5.11 Å². The lowest BCUT2D eigenvalue weighted by Gasteiger charge is -2.30. The minimum atomic E-state index is -0.00679. The number of thiocarbonyl (C=S) groups is 1. The molecule has 0 radical (unpaired) electrons. The highest BCUT2D eigenvalue weighted by Gasteiger charge is 2.42. The summed E-state index contributed by atoms with van der Waals surface area (Å²) in [5.41, 5.74) is 4.70. The number of ether oxygens (including phenoxy) is 1. The fraction of sp³-hybridized carbons (Fsp3) is 0.417. The Balaban J connectivity index is 1.53. The van der Waals surface area contributed by atoms with E-state index >= 15 is 0 Å². The molecule has 3 atom stereocenters. The van der Waals surface area contributed by atoms with Crippen molar-refractivity contribution < 1.29 is 9.15 Å². The average molecular weight is 437 g/mol. The summed E-state index contributed by atoms with van der Waals surface area (Å²) in [5.74, 6) is 0.950. The normalized spacial score (nSPS) is 23.5. The third-order valence-corrected chi connectivity index (χ3v) is 6.80. The van der Waals surface area contributed by atoms with Crippen LogP contribution in [0.3, 0.4) is 0 Å². The van der Waals surface area contributed by atoms with E-state index in [1.165, 1.54) is 17.0 Å². The number of hydrogen-bond donors (Lipinski definition) is 1. The molecular weight excluding hydrogens is 408 g/mol. The molecule has 2 saturated heterocycles. The summed E-state index contributed by atoms with van der Waals surface area (Å²) in [5, 5.41) is 4.33. The first-order chi connectivity index (χ1) is 15.1. The highest BCUT2D eigenvalue weighted by molar-refractivity contribution is 7.80. The number of hydrogen-bond acceptors (Lipinski definition) is 4. The van der Waals surface area contributed by atoms with Gasteiger partial charge in [-0.1, -0.05) is 6.07 Å². The standard InChI is InChI=1S/C24H28N4O2S/c1-16-13-20(17(2)27(16)14-18-7-5-11-29-18)23-22(21-9-3-4-10-25-21)26-24(31)28(23)15-19-8-6-12-30-19/h3-5,7,9-11,13,19,22-23H,6,8,12,14-15H2,1-2H3,(H,26,31)/t19-,22+,23-/m0/s1. The molecule has 1 N–H and O–H groups in total. The molecule has 0 aliphatic carbocycles. The second-order valence-corrected chi connectivity index (χ2v) is 8.79. The van der Waals surface area contributed by atoms with Crippen molar-refractivity contribution in [3.05, 3.63) is 77.3 Å². The first-order valence-corrected chi connectivity index (χ1v) is 11.3. The van der Waals surface area contributed by atoms with Gasteiger partial charge in [0, 0.05) is 30.7 Å². The third kappa shape index (κ3) is 3.88. The van der Waals surface area contributed by atoms with Gasteiger partial charge in [0.2, 0.25) is 0 Å². The second-order valence-electron chi connectivity index (χ2n) is 8.41. The largest absolute Gasteiger partial charge is 0.467 e. The van der Waals surface area contributed by atoms with Crippen molar-refractivity contribution in [2.45, 2.75) is 51.4 Å². The van der Waals surface area contributed by atoms with Crippen LogP contribution in [0.2, 0.25) is 0 Å². The van der Waals surface area contributed by atoms with E-state index in [2.05, 4.69) is 45.7 Å². The fourth-order valence-electron chi connectivity index (χ4n) is 4.88. The predicted octanol–water partition coefficient (Wildman–Crippen LogP) is 4.29. The van der Waals surface area contributed by atoms with Crippen LogP contribution >= 0.6 is 12.2 Å². The van der Waals surface area contributed by atoms with Crippen molar-refractivity contribution in [3.63, 3.8) is 0 Å². The van der Waals surface area contributed by atoms with E-state index in [1.54, 1.807) is 6.26 Å². The van der Waals surface area contributed by atoms with Gasteiger partial charge < -0.3 is 23.9 Å². The lowest BCUT2D eigenvalue weighted by molar-refractivity contribution is 0.0842. The van der Waals surface area contributed by atoms with Crippen molar-refractivity contribution in [3.8, 4) is 0 Å². The SMILES string of the molecule is Cc1cc([C@H]2[C@@H](c3ccccn3)NC(=S)N2C[C@@H]2CCCO2)c(C)n1Cc1ccco1. The van der Waals surface area contributed by atoms with Gasteiger partial charge in [0.1, 0.15) is 5.76 Å². The van der Waals surface area contributed by atoms with Gasteiger partial charge in [-0.3, -0.25) is 4.98 Å². The predicted molar refractivity (Wildman–Crippen MR) is 123 cm³/mol. The van der Waals surface area contributed by atoms with Gasteiger partial charge in [-0.25, -0.2) is 0 Å². The van der Waals surface area contributed by atoms with E-state index in [-0.39, 0.29) is 18.2 Å². The van der Waals surface area contributed by atoms with Crippen LogP contribution in [0.15, 0.2) is 53.3 Å². The van der Waals surface area contributed by atoms with E-state index in [0.717, 1.165) is 49.1 Å². The van der Waals surface area contributed by atoms with Gasteiger partial charge in [-0.2, -0.15) is 0 Å². The Bertz CT molecular complexity index is 1040. The summed E-state index contributed by atoms with van der Waals surface area (Å²) in [6, 6.07) is 12.4. The van der Waals surface area contributed by atoms with Gasteiger partial charge in [0.05, 0.1) is 36.7 Å². The van der Waals surface area contributed by atoms with Crippen LogP contribution in [-0.4, -0.2) is 38.8 Å². The van der Waals surface area contributed by atoms with Gasteiger partial charge in [0.25, 0.3) is 0 Å². The molecule has 6 nitrogen and oxygen atoms in total. The summed E-state index contributed by atoms with van der Waals surface area (Å²) in [7, 11) is 0. The summed E-state index contributed by atoms with van der Waals surface area (Å²) >= 11 is 5.82. The molecule has 2 fully saturated rings. The Labute approximate surface area is 188 Å². The van der Waals surface area contributed by atoms with Crippen LogP contribution in [0.5, 0.6) is 0 Å². The fourth-order valence-corrected chi connectivity index (χ4v) is 5.19. The highest BCUT2D eigenvalue weighted by Crippen LogP contribution is 2.41. The molecule has 0 unspecified atom stereocenters. The van der Waals surface area contributed by atoms with Crippen LogP contribution in [-0.2, 0) is 11.3 Å². The Morgan fingerprint density at radius 2 is 2.13 bits per heavy atom. The van der Waals surface area contributed by atoms with Crippen LogP contribution < -0.4 is 5.32 Å². The average Bonchev–Trinajstić information content (AvgIpc) is 3.57. The Morgan fingerprint density at radius 3 is 2.84 bits per heavy atom. The molecule has 31 heavy (non-hydrogen) atoms. The first kappa shape index (κ1) is 20.3. The van der Waals surface area contributed by atoms with Crippen molar-refractivity contribution in [2.24, 2.45) is 0 Å². The Hall–Kier alpha value is -2.64. The molecule has 7 heteroatoms. The highest BCUT2D eigenvalue weighted by atomic mass is 32.1. The molecule has 0 aromatic carbocycles. The van der Waals surface area contributed by atoms with Gasteiger partial charge >= 0.3 is 0 Å². The lowest BCUT2D eigenvalue weighted by Crippen LogP contribution is -2.36. The van der Waals surface area contributed by atoms with E-state index in [1.807, 2.05) is 30.5 Å². The van der Waals surface area contributed by atoms with E-state index in [9.17, 15) is 0 Å². The topological polar surface area (TPSA) is 55.5 Å². The lowest BCUT2D eigenvalue weighted by atomic mass is 9.96. The number of aryl methyl sites for hydroxylation is 1. The maximum Gasteiger partial charge on any atom is 0.170 e. The van der Waals surface area contributed by atoms with Gasteiger partial charge in [-0.05, 0) is 74.8 Å². The quantitative estimate of drug-likeness (QED) is 0.582. The minimum absolute atomic E-state index is 0.00679. The van der Waals surface area contributed by atoms with Crippen LogP contribution in [0, 0.1) is 13.8 Å². The van der Waals surface area contributed by atoms with Crippen LogP contribution in [0.25, 0.3) is 0 Å². The molecule has 3 aromatic rings. The summed E-state index contributed by atoms with van der Waals surface area (Å²) < 4.78 is 13.9. The number of furan rings is 1. The van der Waals surface area contributed by atoms with Crippen LogP contribution in [0.1, 0.15) is 53.3 Å². The molecule has 0 amide bonds. The van der Waals surface area contributed by atoms with Crippen molar-refractivity contribution in [1.29, 1.82) is 0 Å². The zero-order chi connectivity index (χ0) is 21.4. The second kappa shape index (κ2) is 8.48. The molecule has 0 bridgehead atoms. The molecule has 162 valence electrons. The number of pyridine rings is 1. The molecule has 0 spiro atoms. The van der Waals surface area contributed by atoms with Crippen molar-refractivity contribution in [2.75, 3.05) is 13.2 Å². The molecule has 3 aromatic heterocycles. The maximum atomic E-state index is 5.96. The van der Waals surface area contributed by atoms with E-state index in [4.69, 9.17) is 21.4 Å². The molecule has 0 saturated carbocycles. The van der Waals surface area contributed by atoms with Crippen molar-refractivity contribution >= 4 is 17.3 Å². The molecule has 5 rings (SSSR count). The minimum Gasteiger partial charge on any atom is -0.467 e. The number of rotatable bonds is 6. The summed E-state index contributed by atoms with van der Waals surface area (Å²) in [4.78, 5) is 6.96. The van der Waals surface area contributed by atoms with Gasteiger partial charge in [-0.15, -0.1) is 0 Å². The molecule has 2 aliphatic rings. The van der Waals surface area contributed by atoms with Crippen LogP contribution in [0.4, 0.5) is 0 Å². The van der Waals surface area contributed by atoms with E-state index in [0.29, 0.717) is 0 Å². The number of nitrogens with zero attached hydrogens (tertiary/aromatic N) is 3. The summed E-state index contributed by atoms with van der Waals surface area (Å²) in [6.07, 6.45) is 5.99. The number of nitrogens with one attached hydrogen (secondary N) is 1. The maximum absolute atomic E-state index is 5.96. The van der Waals surface area contributed by atoms with Crippen molar-refractivity contribution in [1.82, 2.24) is 19.8 Å². The first-order valence-electron chi connectivity index (χ1n) is 10.9. The Kier molecular flexibility index (Phi) is 5.54.